The molecular formula is C27H35N3O7. The lowest BCUT2D eigenvalue weighted by molar-refractivity contribution is -0.139. The number of piperidine rings is 1. The Morgan fingerprint density at radius 2 is 2.00 bits per heavy atom. The Kier molecular flexibility index (Phi) is 7.89. The lowest BCUT2D eigenvalue weighted by Gasteiger charge is -2.47. The molecule has 2 aromatic rings. The lowest BCUT2D eigenvalue weighted by Crippen LogP contribution is -2.53. The Morgan fingerprint density at radius 3 is 2.68 bits per heavy atom. The first-order chi connectivity index (χ1) is 17.6. The van der Waals surface area contributed by atoms with Gasteiger partial charge in [-0.25, -0.2) is 9.59 Å². The van der Waals surface area contributed by atoms with Crippen LogP contribution in [0.1, 0.15) is 61.5 Å². The van der Waals surface area contributed by atoms with Crippen molar-refractivity contribution in [3.8, 4) is 11.5 Å². The maximum atomic E-state index is 12.8. The summed E-state index contributed by atoms with van der Waals surface area (Å²) in [5.41, 5.74) is 3.08. The fourth-order valence-electron chi connectivity index (χ4n) is 5.17. The van der Waals surface area contributed by atoms with Crippen molar-refractivity contribution >= 4 is 12.1 Å². The molecule has 3 heterocycles. The zero-order valence-electron chi connectivity index (χ0n) is 21.7. The summed E-state index contributed by atoms with van der Waals surface area (Å²) in [7, 11) is 1.53. The van der Waals surface area contributed by atoms with E-state index in [-0.39, 0.29) is 24.6 Å². The Balaban J connectivity index is 1.66. The zero-order valence-corrected chi connectivity index (χ0v) is 21.7. The summed E-state index contributed by atoms with van der Waals surface area (Å²) in [6, 6.07) is 7.18. The highest BCUT2D eigenvalue weighted by Gasteiger charge is 2.41. The van der Waals surface area contributed by atoms with Gasteiger partial charge in [-0.1, -0.05) is 0 Å². The van der Waals surface area contributed by atoms with Gasteiger partial charge in [-0.05, 0) is 74.6 Å². The van der Waals surface area contributed by atoms with Crippen molar-refractivity contribution in [2.75, 3.05) is 26.8 Å². The summed E-state index contributed by atoms with van der Waals surface area (Å²) in [5.74, 6) is -0.284. The first-order valence-corrected chi connectivity index (χ1v) is 12.4. The van der Waals surface area contributed by atoms with Crippen molar-refractivity contribution in [2.24, 2.45) is 0 Å². The van der Waals surface area contributed by atoms with Crippen LogP contribution < -0.4 is 14.8 Å². The average Bonchev–Trinajstić information content (AvgIpc) is 2.85. The van der Waals surface area contributed by atoms with Crippen molar-refractivity contribution < 1.29 is 34.0 Å². The maximum absolute atomic E-state index is 12.8. The summed E-state index contributed by atoms with van der Waals surface area (Å²) < 4.78 is 16.6. The minimum absolute atomic E-state index is 0.00313. The Labute approximate surface area is 216 Å². The van der Waals surface area contributed by atoms with E-state index in [1.807, 2.05) is 39.0 Å². The molecule has 10 heteroatoms. The number of pyridine rings is 1. The molecule has 0 radical (unpaired) electrons. The van der Waals surface area contributed by atoms with E-state index in [9.17, 15) is 14.7 Å². The first kappa shape index (κ1) is 26.7. The molecule has 3 atom stereocenters. The minimum atomic E-state index is -1.06. The van der Waals surface area contributed by atoms with E-state index < -0.39 is 24.3 Å². The van der Waals surface area contributed by atoms with Gasteiger partial charge in [0.2, 0.25) is 0 Å². The Hall–Kier alpha value is -3.37. The molecule has 200 valence electrons. The predicted molar refractivity (Wildman–Crippen MR) is 135 cm³/mol. The maximum Gasteiger partial charge on any atom is 0.407 e. The number of carbonyl (C=O) groups is 2. The van der Waals surface area contributed by atoms with E-state index in [2.05, 4.69) is 15.2 Å². The summed E-state index contributed by atoms with van der Waals surface area (Å²) in [5, 5.41) is 21.8. The van der Waals surface area contributed by atoms with Crippen LogP contribution in [0.5, 0.6) is 11.5 Å². The summed E-state index contributed by atoms with van der Waals surface area (Å²) in [4.78, 5) is 30.8. The molecule has 3 N–H and O–H groups in total. The van der Waals surface area contributed by atoms with Gasteiger partial charge in [0.05, 0.1) is 13.7 Å². The van der Waals surface area contributed by atoms with Gasteiger partial charge < -0.3 is 29.7 Å². The van der Waals surface area contributed by atoms with Crippen LogP contribution in [0.4, 0.5) is 4.79 Å². The standard InChI is InChI=1S/C27H35N3O7/c1-27(2,3)37-26(34)29-21-12-22-18-11-23(35-4)24(36-15-25(32)33)10-17(18)6-8-30(22)13-19(21)20-9-16(14-31)5-7-28-20/h5,7,9-11,19,21-22,31H,6,8,12-15H2,1-4H3,(H,29,34)(H,32,33)/t19-,21+,22+/m0/s1. The number of carboxylic acid groups (broad SMARTS) is 1. The van der Waals surface area contributed by atoms with Gasteiger partial charge >= 0.3 is 12.1 Å². The molecule has 1 aromatic heterocycles. The molecule has 37 heavy (non-hydrogen) atoms. The van der Waals surface area contributed by atoms with Crippen LogP contribution in [0, 0.1) is 0 Å². The minimum Gasteiger partial charge on any atom is -0.493 e. The van der Waals surface area contributed by atoms with E-state index in [1.165, 1.54) is 7.11 Å². The predicted octanol–water partition coefficient (Wildman–Crippen LogP) is 3.03. The molecule has 2 aliphatic heterocycles. The number of aliphatic hydroxyl groups is 1. The number of fused-ring (bicyclic) bond motifs is 3. The molecule has 4 rings (SSSR count). The van der Waals surface area contributed by atoms with Gasteiger partial charge in [-0.15, -0.1) is 0 Å². The highest BCUT2D eigenvalue weighted by Crippen LogP contribution is 2.44. The molecule has 10 nitrogen and oxygen atoms in total. The van der Waals surface area contributed by atoms with Crippen LogP contribution >= 0.6 is 0 Å². The molecule has 0 unspecified atom stereocenters. The molecule has 1 saturated heterocycles. The molecule has 0 aliphatic carbocycles. The van der Waals surface area contributed by atoms with E-state index in [0.717, 1.165) is 35.3 Å². The van der Waals surface area contributed by atoms with Crippen molar-refractivity contribution in [3.63, 3.8) is 0 Å². The highest BCUT2D eigenvalue weighted by atomic mass is 16.6. The monoisotopic (exact) mass is 513 g/mol. The molecule has 0 spiro atoms. The number of hydrogen-bond acceptors (Lipinski definition) is 8. The number of nitrogens with zero attached hydrogens (tertiary/aromatic N) is 2. The number of hydrogen-bond donors (Lipinski definition) is 3. The van der Waals surface area contributed by atoms with Gasteiger partial charge in [0, 0.05) is 43.0 Å². The highest BCUT2D eigenvalue weighted by molar-refractivity contribution is 5.69. The first-order valence-electron chi connectivity index (χ1n) is 12.4. The average molecular weight is 514 g/mol. The quantitative estimate of drug-likeness (QED) is 0.511. The number of carbonyl (C=O) groups excluding carboxylic acids is 1. The number of benzene rings is 1. The number of aliphatic carboxylic acids is 1. The number of aliphatic hydroxyl groups excluding tert-OH is 1. The fraction of sp³-hybridized carbons (Fsp3) is 0.519. The number of methoxy groups -OCH3 is 1. The second-order valence-electron chi connectivity index (χ2n) is 10.5. The zero-order chi connectivity index (χ0) is 26.7. The summed E-state index contributed by atoms with van der Waals surface area (Å²) in [6.45, 7) is 6.39. The third-order valence-corrected chi connectivity index (χ3v) is 6.75. The molecule has 1 fully saturated rings. The summed E-state index contributed by atoms with van der Waals surface area (Å²) >= 11 is 0. The van der Waals surface area contributed by atoms with Crippen LogP contribution in [0.2, 0.25) is 0 Å². The van der Waals surface area contributed by atoms with Gasteiger partial charge in [-0.3, -0.25) is 9.88 Å². The topological polar surface area (TPSA) is 130 Å². The normalized spacial score (nSPS) is 21.4. The van der Waals surface area contributed by atoms with E-state index in [4.69, 9.17) is 19.3 Å². The van der Waals surface area contributed by atoms with Gasteiger partial charge in [-0.2, -0.15) is 0 Å². The van der Waals surface area contributed by atoms with Crippen LogP contribution in [-0.2, 0) is 22.6 Å². The molecule has 1 amide bonds. The number of carboxylic acids is 1. The molecule has 1 aromatic carbocycles. The Morgan fingerprint density at radius 1 is 1.22 bits per heavy atom. The number of aromatic nitrogens is 1. The largest absolute Gasteiger partial charge is 0.493 e. The van der Waals surface area contributed by atoms with Crippen LogP contribution in [0.15, 0.2) is 30.5 Å². The molecular weight excluding hydrogens is 478 g/mol. The number of amides is 1. The SMILES string of the molecule is COc1cc2c(cc1OCC(=O)O)CCN1C[C@@H](c3cc(CO)ccn3)[C@H](NC(=O)OC(C)(C)C)C[C@H]21. The van der Waals surface area contributed by atoms with Crippen molar-refractivity contribution in [2.45, 2.75) is 63.8 Å². The summed E-state index contributed by atoms with van der Waals surface area (Å²) in [6.07, 6.45) is 2.58. The van der Waals surface area contributed by atoms with Crippen LogP contribution in [0.3, 0.4) is 0 Å². The lowest BCUT2D eigenvalue weighted by atomic mass is 9.79. The fourth-order valence-corrected chi connectivity index (χ4v) is 5.17. The smallest absolute Gasteiger partial charge is 0.407 e. The van der Waals surface area contributed by atoms with E-state index in [1.54, 1.807) is 12.3 Å². The molecule has 0 bridgehead atoms. The van der Waals surface area contributed by atoms with E-state index >= 15 is 0 Å². The van der Waals surface area contributed by atoms with Gasteiger partial charge in [0.25, 0.3) is 0 Å². The third kappa shape index (κ3) is 6.31. The van der Waals surface area contributed by atoms with Crippen molar-refractivity contribution in [3.05, 3.63) is 52.8 Å². The second kappa shape index (κ2) is 10.9. The third-order valence-electron chi connectivity index (χ3n) is 6.75. The van der Waals surface area contributed by atoms with Crippen LogP contribution in [0.25, 0.3) is 0 Å². The van der Waals surface area contributed by atoms with Crippen molar-refractivity contribution in [1.82, 2.24) is 15.2 Å². The van der Waals surface area contributed by atoms with Crippen LogP contribution in [-0.4, -0.2) is 70.6 Å². The molecule has 2 aliphatic rings. The van der Waals surface area contributed by atoms with Gasteiger partial charge in [0.15, 0.2) is 18.1 Å². The molecule has 0 saturated carbocycles. The number of nitrogens with one attached hydrogen (secondary N) is 1. The Bertz CT molecular complexity index is 1150. The number of rotatable bonds is 7. The van der Waals surface area contributed by atoms with Crippen molar-refractivity contribution in [1.29, 1.82) is 0 Å². The van der Waals surface area contributed by atoms with E-state index in [0.29, 0.717) is 24.5 Å². The number of alkyl carbamates (subject to hydrolysis) is 1. The van der Waals surface area contributed by atoms with Gasteiger partial charge in [0.1, 0.15) is 5.60 Å². The second-order valence-corrected chi connectivity index (χ2v) is 10.5. The number of ether oxygens (including phenoxy) is 3.